The molecule has 1 atom stereocenters. The van der Waals surface area contributed by atoms with Gasteiger partial charge in [-0.1, -0.05) is 25.1 Å². The molecule has 0 aliphatic carbocycles. The van der Waals surface area contributed by atoms with Gasteiger partial charge in [-0.25, -0.2) is 9.18 Å². The highest BCUT2D eigenvalue weighted by Crippen LogP contribution is 2.36. The maximum atomic E-state index is 13.8. The van der Waals surface area contributed by atoms with Crippen molar-refractivity contribution >= 4 is 17.7 Å². The van der Waals surface area contributed by atoms with Crippen LogP contribution in [0.4, 0.5) is 4.39 Å². The van der Waals surface area contributed by atoms with Gasteiger partial charge >= 0.3 is 5.97 Å². The summed E-state index contributed by atoms with van der Waals surface area (Å²) in [6.07, 6.45) is 5.36. The molecule has 30 heavy (non-hydrogen) atoms. The zero-order valence-electron chi connectivity index (χ0n) is 17.4. The minimum atomic E-state index is -0.947. The first kappa shape index (κ1) is 22.1. The number of nitrogens with zero attached hydrogens (tertiary/aromatic N) is 3. The number of aliphatic carboxylic acids is 1. The third kappa shape index (κ3) is 5.09. The van der Waals surface area contributed by atoms with Gasteiger partial charge in [-0.15, -0.1) is 11.8 Å². The van der Waals surface area contributed by atoms with Crippen LogP contribution in [0.2, 0.25) is 0 Å². The maximum absolute atomic E-state index is 13.8. The van der Waals surface area contributed by atoms with Crippen molar-refractivity contribution in [3.05, 3.63) is 88.0 Å². The number of carboxylic acid groups (broad SMARTS) is 1. The van der Waals surface area contributed by atoms with Gasteiger partial charge in [0.25, 0.3) is 0 Å². The third-order valence-corrected chi connectivity index (χ3v) is 5.93. The lowest BCUT2D eigenvalue weighted by atomic mass is 10.0. The Morgan fingerprint density at radius 1 is 1.30 bits per heavy atom. The van der Waals surface area contributed by atoms with Crippen LogP contribution in [0.1, 0.15) is 25.0 Å². The van der Waals surface area contributed by atoms with Crippen LogP contribution in [-0.4, -0.2) is 44.8 Å². The van der Waals surface area contributed by atoms with Crippen LogP contribution < -0.4 is 0 Å². The molecule has 1 aliphatic heterocycles. The molecular formula is C23H26FN3O2S. The van der Waals surface area contributed by atoms with Crippen molar-refractivity contribution in [3.63, 3.8) is 0 Å². The van der Waals surface area contributed by atoms with Gasteiger partial charge in [0.1, 0.15) is 12.0 Å². The van der Waals surface area contributed by atoms with E-state index >= 15 is 0 Å². The van der Waals surface area contributed by atoms with E-state index in [1.165, 1.54) is 23.9 Å². The number of benzene rings is 1. The number of hydrogen-bond donors (Lipinski definition) is 1. The maximum Gasteiger partial charge on any atom is 0.338 e. The fourth-order valence-corrected chi connectivity index (χ4v) is 4.62. The second-order valence-corrected chi connectivity index (χ2v) is 8.47. The molecule has 5 nitrogen and oxygen atoms in total. The van der Waals surface area contributed by atoms with Crippen LogP contribution >= 0.6 is 11.8 Å². The van der Waals surface area contributed by atoms with Gasteiger partial charge in [0.15, 0.2) is 0 Å². The molecule has 1 aromatic carbocycles. The summed E-state index contributed by atoms with van der Waals surface area (Å²) in [5.41, 5.74) is 2.90. The van der Waals surface area contributed by atoms with Crippen molar-refractivity contribution in [1.29, 1.82) is 0 Å². The minimum Gasteiger partial charge on any atom is -0.478 e. The SMILES string of the molecule is CCSC1=C(C(=O)O)C(C)=CC(N(C)Cc2cccnc2)N1Cc1cccc(F)c1. The van der Waals surface area contributed by atoms with E-state index in [1.807, 2.05) is 51.4 Å². The highest BCUT2D eigenvalue weighted by molar-refractivity contribution is 8.03. The largest absolute Gasteiger partial charge is 0.478 e. The summed E-state index contributed by atoms with van der Waals surface area (Å²) in [5, 5.41) is 10.6. The fraction of sp³-hybridized carbons (Fsp3) is 0.304. The Hall–Kier alpha value is -2.64. The van der Waals surface area contributed by atoms with Crippen LogP contribution in [0.15, 0.2) is 71.0 Å². The number of rotatable bonds is 8. The normalized spacial score (nSPS) is 16.8. The number of hydrogen-bond acceptors (Lipinski definition) is 5. The average molecular weight is 428 g/mol. The highest BCUT2D eigenvalue weighted by atomic mass is 32.2. The Balaban J connectivity index is 2.01. The topological polar surface area (TPSA) is 56.7 Å². The molecule has 2 heterocycles. The van der Waals surface area contributed by atoms with Crippen molar-refractivity contribution in [3.8, 4) is 0 Å². The zero-order valence-corrected chi connectivity index (χ0v) is 18.2. The monoisotopic (exact) mass is 427 g/mol. The Kier molecular flexibility index (Phi) is 7.29. The van der Waals surface area contributed by atoms with Gasteiger partial charge < -0.3 is 10.0 Å². The lowest BCUT2D eigenvalue weighted by molar-refractivity contribution is -0.132. The minimum absolute atomic E-state index is 0.175. The molecule has 158 valence electrons. The molecule has 1 N–H and O–H groups in total. The first-order chi connectivity index (χ1) is 14.4. The van der Waals surface area contributed by atoms with Gasteiger partial charge in [0.2, 0.25) is 0 Å². The predicted molar refractivity (Wildman–Crippen MR) is 118 cm³/mol. The number of thioether (sulfide) groups is 1. The predicted octanol–water partition coefficient (Wildman–Crippen LogP) is 4.49. The summed E-state index contributed by atoms with van der Waals surface area (Å²) >= 11 is 1.50. The molecule has 1 unspecified atom stereocenters. The number of aromatic nitrogens is 1. The summed E-state index contributed by atoms with van der Waals surface area (Å²) < 4.78 is 13.8. The fourth-order valence-electron chi connectivity index (χ4n) is 3.62. The molecule has 0 radical (unpaired) electrons. The molecule has 0 saturated heterocycles. The quantitative estimate of drug-likeness (QED) is 0.670. The van der Waals surface area contributed by atoms with E-state index in [2.05, 4.69) is 14.8 Å². The molecule has 0 spiro atoms. The van der Waals surface area contributed by atoms with E-state index in [9.17, 15) is 14.3 Å². The van der Waals surface area contributed by atoms with Crippen molar-refractivity contribution in [2.75, 3.05) is 12.8 Å². The van der Waals surface area contributed by atoms with E-state index in [0.29, 0.717) is 23.7 Å². The Morgan fingerprint density at radius 3 is 2.70 bits per heavy atom. The molecule has 0 amide bonds. The van der Waals surface area contributed by atoms with Crippen molar-refractivity contribution in [1.82, 2.24) is 14.8 Å². The molecule has 0 fully saturated rings. The van der Waals surface area contributed by atoms with Crippen molar-refractivity contribution in [2.24, 2.45) is 0 Å². The molecule has 0 saturated carbocycles. The van der Waals surface area contributed by atoms with Crippen molar-refractivity contribution < 1.29 is 14.3 Å². The van der Waals surface area contributed by atoms with E-state index in [0.717, 1.165) is 22.5 Å². The lowest BCUT2D eigenvalue weighted by Gasteiger charge is -2.42. The zero-order chi connectivity index (χ0) is 21.7. The lowest BCUT2D eigenvalue weighted by Crippen LogP contribution is -2.46. The number of pyridine rings is 1. The number of carboxylic acids is 1. The van der Waals surface area contributed by atoms with Crippen molar-refractivity contribution in [2.45, 2.75) is 33.1 Å². The summed E-state index contributed by atoms with van der Waals surface area (Å²) in [4.78, 5) is 20.4. The van der Waals surface area contributed by atoms with Gasteiger partial charge in [-0.2, -0.15) is 0 Å². The van der Waals surface area contributed by atoms with Gasteiger partial charge in [0.05, 0.1) is 10.6 Å². The number of likely N-dealkylation sites (N-methyl/N-ethyl adjacent to an activating group) is 1. The molecule has 2 aromatic rings. The van der Waals surface area contributed by atoms with Gasteiger partial charge in [-0.05, 0) is 60.7 Å². The van der Waals surface area contributed by atoms with Crippen LogP contribution in [0.25, 0.3) is 0 Å². The second-order valence-electron chi connectivity index (χ2n) is 7.22. The first-order valence-electron chi connectivity index (χ1n) is 9.80. The van der Waals surface area contributed by atoms with Gasteiger partial charge in [0, 0.05) is 25.5 Å². The molecule has 3 rings (SSSR count). The highest BCUT2D eigenvalue weighted by Gasteiger charge is 2.33. The molecule has 0 bridgehead atoms. The first-order valence-corrected chi connectivity index (χ1v) is 10.8. The van der Waals surface area contributed by atoms with Crippen LogP contribution in [0, 0.1) is 5.82 Å². The molecule has 1 aromatic heterocycles. The van der Waals surface area contributed by atoms with Gasteiger partial charge in [-0.3, -0.25) is 9.88 Å². The molecule has 7 heteroatoms. The Labute approximate surface area is 180 Å². The summed E-state index contributed by atoms with van der Waals surface area (Å²) in [6, 6.07) is 10.4. The van der Waals surface area contributed by atoms with E-state index in [1.54, 1.807) is 12.3 Å². The number of carbonyl (C=O) groups is 1. The Bertz CT molecular complexity index is 962. The van der Waals surface area contributed by atoms with E-state index < -0.39 is 5.97 Å². The average Bonchev–Trinajstić information content (AvgIpc) is 2.70. The third-order valence-electron chi connectivity index (χ3n) is 4.93. The number of halogens is 1. The van der Waals surface area contributed by atoms with E-state index in [-0.39, 0.29) is 12.0 Å². The second kappa shape index (κ2) is 9.91. The summed E-state index contributed by atoms with van der Waals surface area (Å²) in [5.74, 6) is -0.515. The molecular weight excluding hydrogens is 401 g/mol. The van der Waals surface area contributed by atoms with Crippen LogP contribution in [0.5, 0.6) is 0 Å². The smallest absolute Gasteiger partial charge is 0.338 e. The summed E-state index contributed by atoms with van der Waals surface area (Å²) in [6.45, 7) is 4.89. The standard InChI is InChI=1S/C23H26FN3O2S/c1-4-30-22-21(23(28)29)16(2)11-20(26(3)14-18-8-6-10-25-13-18)27(22)15-17-7-5-9-19(24)12-17/h5-13,20H,4,14-15H2,1-3H3,(H,28,29). The van der Waals surface area contributed by atoms with Crippen LogP contribution in [0.3, 0.4) is 0 Å². The summed E-state index contributed by atoms with van der Waals surface area (Å²) in [7, 11) is 2.00. The van der Waals surface area contributed by atoms with Crippen LogP contribution in [-0.2, 0) is 17.9 Å². The van der Waals surface area contributed by atoms with E-state index in [4.69, 9.17) is 0 Å². The Morgan fingerprint density at radius 2 is 2.07 bits per heavy atom. The molecule has 1 aliphatic rings.